The van der Waals surface area contributed by atoms with Crippen molar-refractivity contribution in [3.05, 3.63) is 34.3 Å². The Morgan fingerprint density at radius 3 is 2.53 bits per heavy atom. The monoisotopic (exact) mass is 328 g/mol. The first-order chi connectivity index (χ1) is 8.99. The normalized spacial score (nSPS) is 10.0. The summed E-state index contributed by atoms with van der Waals surface area (Å²) in [6.07, 6.45) is 0.697. The highest BCUT2D eigenvalue weighted by Crippen LogP contribution is 2.10. The molecule has 1 aromatic carbocycles. The van der Waals surface area contributed by atoms with E-state index in [1.165, 1.54) is 4.90 Å². The van der Waals surface area contributed by atoms with Crippen LogP contribution in [0.25, 0.3) is 0 Å². The summed E-state index contributed by atoms with van der Waals surface area (Å²) in [6.45, 7) is 0.733. The highest BCUT2D eigenvalue weighted by atomic mass is 79.9. The van der Waals surface area contributed by atoms with Crippen LogP contribution in [0.15, 0.2) is 28.7 Å². The fourth-order valence-corrected chi connectivity index (χ4v) is 1.73. The Labute approximate surface area is 120 Å². The number of hydrogen-bond acceptors (Lipinski definition) is 2. The van der Waals surface area contributed by atoms with E-state index in [2.05, 4.69) is 21.2 Å². The minimum absolute atomic E-state index is 0.0450. The fraction of sp³-hybridized carbons (Fsp3) is 0.385. The number of nitrogens with zero attached hydrogens (tertiary/aromatic N) is 1. The Bertz CT molecular complexity index is 434. The number of nitrogens with one attached hydrogen (secondary N) is 1. The van der Waals surface area contributed by atoms with E-state index in [9.17, 15) is 9.59 Å². The first kappa shape index (κ1) is 15.5. The second-order valence-electron chi connectivity index (χ2n) is 4.17. The van der Waals surface area contributed by atoms with Gasteiger partial charge in [-0.2, -0.15) is 0 Å². The van der Waals surface area contributed by atoms with Crippen LogP contribution in [0.5, 0.6) is 0 Å². The summed E-state index contributed by atoms with van der Waals surface area (Å²) in [7, 11) is 1.58. The van der Waals surface area contributed by atoms with E-state index in [4.69, 9.17) is 5.11 Å². The Kier molecular flexibility index (Phi) is 6.35. The highest BCUT2D eigenvalue weighted by molar-refractivity contribution is 9.10. The standard InChI is InChI=1S/C13H17BrN2O3/c1-16(9-7-12(17)18)13(19)15-8-6-10-2-4-11(14)5-3-10/h2-5H,6-9H2,1H3,(H,15,19)(H,17,18). The van der Waals surface area contributed by atoms with Crippen molar-refractivity contribution in [2.45, 2.75) is 12.8 Å². The predicted molar refractivity (Wildman–Crippen MR) is 76.1 cm³/mol. The van der Waals surface area contributed by atoms with E-state index in [1.807, 2.05) is 24.3 Å². The van der Waals surface area contributed by atoms with Crippen LogP contribution in [0.1, 0.15) is 12.0 Å². The van der Waals surface area contributed by atoms with Crippen LogP contribution in [0.4, 0.5) is 4.79 Å². The van der Waals surface area contributed by atoms with Gasteiger partial charge >= 0.3 is 12.0 Å². The van der Waals surface area contributed by atoms with E-state index in [0.717, 1.165) is 16.5 Å². The summed E-state index contributed by atoms with van der Waals surface area (Å²) in [5, 5.41) is 11.3. The maximum absolute atomic E-state index is 11.6. The molecule has 5 nitrogen and oxygen atoms in total. The molecule has 0 spiro atoms. The second-order valence-corrected chi connectivity index (χ2v) is 5.09. The van der Waals surface area contributed by atoms with E-state index in [-0.39, 0.29) is 19.0 Å². The van der Waals surface area contributed by atoms with E-state index in [1.54, 1.807) is 7.05 Å². The van der Waals surface area contributed by atoms with Gasteiger partial charge in [-0.3, -0.25) is 4.79 Å². The topological polar surface area (TPSA) is 69.6 Å². The lowest BCUT2D eigenvalue weighted by Gasteiger charge is -2.16. The van der Waals surface area contributed by atoms with Crippen LogP contribution in [0, 0.1) is 0 Å². The van der Waals surface area contributed by atoms with Crippen LogP contribution >= 0.6 is 15.9 Å². The molecule has 0 aromatic heterocycles. The van der Waals surface area contributed by atoms with Gasteiger partial charge in [0.15, 0.2) is 0 Å². The van der Waals surface area contributed by atoms with Crippen molar-refractivity contribution in [3.8, 4) is 0 Å². The molecule has 0 fully saturated rings. The van der Waals surface area contributed by atoms with Crippen molar-refractivity contribution in [2.75, 3.05) is 20.1 Å². The van der Waals surface area contributed by atoms with Crippen LogP contribution < -0.4 is 5.32 Å². The third-order valence-corrected chi connectivity index (χ3v) is 3.14. The Morgan fingerprint density at radius 1 is 1.32 bits per heavy atom. The van der Waals surface area contributed by atoms with Crippen LogP contribution in [-0.4, -0.2) is 42.1 Å². The zero-order chi connectivity index (χ0) is 14.3. The molecular formula is C13H17BrN2O3. The first-order valence-corrected chi connectivity index (χ1v) is 6.73. The fourth-order valence-electron chi connectivity index (χ4n) is 1.46. The van der Waals surface area contributed by atoms with Gasteiger partial charge in [-0.1, -0.05) is 28.1 Å². The summed E-state index contributed by atoms with van der Waals surface area (Å²) in [5.74, 6) is -0.908. The van der Waals surface area contributed by atoms with E-state index < -0.39 is 5.97 Å². The number of aliphatic carboxylic acids is 1. The minimum atomic E-state index is -0.908. The lowest BCUT2D eigenvalue weighted by molar-refractivity contribution is -0.137. The molecule has 0 saturated carbocycles. The third-order valence-electron chi connectivity index (χ3n) is 2.61. The molecule has 0 aliphatic rings. The van der Waals surface area contributed by atoms with Gasteiger partial charge in [0.1, 0.15) is 0 Å². The van der Waals surface area contributed by atoms with Crippen LogP contribution in [0.2, 0.25) is 0 Å². The number of urea groups is 1. The summed E-state index contributed by atoms with van der Waals surface area (Å²) >= 11 is 3.36. The van der Waals surface area contributed by atoms with Gasteiger partial charge in [0, 0.05) is 24.6 Å². The van der Waals surface area contributed by atoms with Gasteiger partial charge in [0.05, 0.1) is 6.42 Å². The molecule has 0 aliphatic carbocycles. The molecule has 0 atom stereocenters. The summed E-state index contributed by atoms with van der Waals surface area (Å²) in [5.41, 5.74) is 1.14. The summed E-state index contributed by atoms with van der Waals surface area (Å²) in [4.78, 5) is 23.4. The van der Waals surface area contributed by atoms with Crippen molar-refractivity contribution < 1.29 is 14.7 Å². The molecule has 1 rings (SSSR count). The number of hydrogen-bond donors (Lipinski definition) is 2. The lowest BCUT2D eigenvalue weighted by atomic mass is 10.1. The molecule has 0 unspecified atom stereocenters. The number of carbonyl (C=O) groups is 2. The van der Waals surface area contributed by atoms with Crippen LogP contribution in [-0.2, 0) is 11.2 Å². The smallest absolute Gasteiger partial charge is 0.317 e. The van der Waals surface area contributed by atoms with Crippen molar-refractivity contribution >= 4 is 27.9 Å². The number of amides is 2. The van der Waals surface area contributed by atoms with E-state index >= 15 is 0 Å². The maximum atomic E-state index is 11.6. The van der Waals surface area contributed by atoms with Crippen molar-refractivity contribution in [1.82, 2.24) is 10.2 Å². The molecule has 2 amide bonds. The van der Waals surface area contributed by atoms with Crippen LogP contribution in [0.3, 0.4) is 0 Å². The zero-order valence-corrected chi connectivity index (χ0v) is 12.3. The van der Waals surface area contributed by atoms with Gasteiger partial charge in [0.2, 0.25) is 0 Å². The third kappa shape index (κ3) is 6.24. The molecule has 0 bridgehead atoms. The van der Waals surface area contributed by atoms with Gasteiger partial charge in [-0.25, -0.2) is 4.79 Å². The molecule has 2 N–H and O–H groups in total. The molecule has 0 saturated heterocycles. The van der Waals surface area contributed by atoms with Crippen molar-refractivity contribution in [3.63, 3.8) is 0 Å². The minimum Gasteiger partial charge on any atom is -0.481 e. The molecule has 0 heterocycles. The van der Waals surface area contributed by atoms with Crippen molar-refractivity contribution in [2.24, 2.45) is 0 Å². The predicted octanol–water partition coefficient (Wildman–Crippen LogP) is 2.11. The summed E-state index contributed by atoms with van der Waals surface area (Å²) < 4.78 is 1.02. The van der Waals surface area contributed by atoms with Gasteiger partial charge < -0.3 is 15.3 Å². The number of carbonyl (C=O) groups excluding carboxylic acids is 1. The zero-order valence-electron chi connectivity index (χ0n) is 10.7. The number of halogens is 1. The number of carboxylic acids is 1. The van der Waals surface area contributed by atoms with E-state index in [0.29, 0.717) is 6.54 Å². The molecule has 6 heteroatoms. The SMILES string of the molecule is CN(CCC(=O)O)C(=O)NCCc1ccc(Br)cc1. The molecule has 19 heavy (non-hydrogen) atoms. The summed E-state index contributed by atoms with van der Waals surface area (Å²) in [6, 6.07) is 7.64. The maximum Gasteiger partial charge on any atom is 0.317 e. The Balaban J connectivity index is 2.26. The Hall–Kier alpha value is -1.56. The number of carboxylic acid groups (broad SMARTS) is 1. The molecule has 104 valence electrons. The Morgan fingerprint density at radius 2 is 1.95 bits per heavy atom. The largest absolute Gasteiger partial charge is 0.481 e. The average molecular weight is 329 g/mol. The highest BCUT2D eigenvalue weighted by Gasteiger charge is 2.09. The average Bonchev–Trinajstić information content (AvgIpc) is 2.38. The van der Waals surface area contributed by atoms with Gasteiger partial charge in [-0.05, 0) is 24.1 Å². The molecule has 0 aliphatic heterocycles. The quantitative estimate of drug-likeness (QED) is 0.840. The first-order valence-electron chi connectivity index (χ1n) is 5.94. The second kappa shape index (κ2) is 7.78. The molecule has 1 aromatic rings. The van der Waals surface area contributed by atoms with Crippen molar-refractivity contribution in [1.29, 1.82) is 0 Å². The number of benzene rings is 1. The number of rotatable bonds is 6. The lowest BCUT2D eigenvalue weighted by Crippen LogP contribution is -2.39. The van der Waals surface area contributed by atoms with Gasteiger partial charge in [-0.15, -0.1) is 0 Å². The van der Waals surface area contributed by atoms with Gasteiger partial charge in [0.25, 0.3) is 0 Å². The molecule has 0 radical (unpaired) electrons. The molecular weight excluding hydrogens is 312 g/mol.